The van der Waals surface area contributed by atoms with Crippen molar-refractivity contribution in [1.82, 2.24) is 24.9 Å². The number of benzene rings is 1. The molecule has 0 amide bonds. The van der Waals surface area contributed by atoms with Gasteiger partial charge in [-0.15, -0.1) is 0 Å². The van der Waals surface area contributed by atoms with E-state index in [1.165, 1.54) is 12.1 Å². The van der Waals surface area contributed by atoms with E-state index < -0.39 is 0 Å². The molecule has 5 aromatic rings. The maximum Gasteiger partial charge on any atom is 0.138 e. The molecule has 0 aliphatic carbocycles. The first kappa shape index (κ1) is 16.6. The van der Waals surface area contributed by atoms with Crippen LogP contribution in [0.4, 0.5) is 4.39 Å². The standard InChI is InChI=1S/C21H13ClFN5/c22-17-11-26-21-16(17)9-14(10-25-21)19-18(12-5-7-24-8-6-12)27-20(28-19)13-1-3-15(23)4-2-13/h1-11H,(H,25,26)(H,27,28). The van der Waals surface area contributed by atoms with E-state index >= 15 is 0 Å². The second-order valence-corrected chi connectivity index (χ2v) is 6.72. The zero-order valence-corrected chi connectivity index (χ0v) is 15.2. The van der Waals surface area contributed by atoms with Crippen molar-refractivity contribution in [1.29, 1.82) is 0 Å². The molecule has 0 bridgehead atoms. The van der Waals surface area contributed by atoms with Crippen molar-refractivity contribution in [2.75, 3.05) is 0 Å². The maximum atomic E-state index is 13.3. The predicted octanol–water partition coefficient (Wildman–Crippen LogP) is 5.47. The monoisotopic (exact) mass is 389 g/mol. The van der Waals surface area contributed by atoms with Gasteiger partial charge in [0.15, 0.2) is 0 Å². The molecule has 7 heteroatoms. The minimum Gasteiger partial charge on any atom is -0.345 e. The van der Waals surface area contributed by atoms with Crippen LogP contribution in [0.15, 0.2) is 67.3 Å². The van der Waals surface area contributed by atoms with Crippen LogP contribution in [0.2, 0.25) is 5.02 Å². The van der Waals surface area contributed by atoms with Gasteiger partial charge in [-0.05, 0) is 42.5 Å². The van der Waals surface area contributed by atoms with E-state index in [0.29, 0.717) is 16.5 Å². The first-order chi connectivity index (χ1) is 13.7. The van der Waals surface area contributed by atoms with E-state index in [4.69, 9.17) is 16.6 Å². The number of nitrogens with one attached hydrogen (secondary N) is 2. The highest BCUT2D eigenvalue weighted by Crippen LogP contribution is 2.34. The zero-order valence-electron chi connectivity index (χ0n) is 14.4. The molecule has 136 valence electrons. The van der Waals surface area contributed by atoms with Gasteiger partial charge >= 0.3 is 0 Å². The van der Waals surface area contributed by atoms with Crippen LogP contribution in [-0.2, 0) is 0 Å². The topological polar surface area (TPSA) is 70.2 Å². The Labute approximate surface area is 164 Å². The van der Waals surface area contributed by atoms with Gasteiger partial charge in [0.2, 0.25) is 0 Å². The fraction of sp³-hybridized carbons (Fsp3) is 0. The summed E-state index contributed by atoms with van der Waals surface area (Å²) >= 11 is 6.26. The van der Waals surface area contributed by atoms with Crippen LogP contribution in [0, 0.1) is 5.82 Å². The highest BCUT2D eigenvalue weighted by Gasteiger charge is 2.17. The van der Waals surface area contributed by atoms with Crippen molar-refractivity contribution in [3.05, 3.63) is 78.1 Å². The lowest BCUT2D eigenvalue weighted by molar-refractivity contribution is 0.628. The number of hydrogen-bond donors (Lipinski definition) is 2. The van der Waals surface area contributed by atoms with Crippen LogP contribution in [-0.4, -0.2) is 24.9 Å². The van der Waals surface area contributed by atoms with Gasteiger partial charge in [-0.25, -0.2) is 14.4 Å². The Hall–Kier alpha value is -3.51. The van der Waals surface area contributed by atoms with Crippen LogP contribution in [0.3, 0.4) is 0 Å². The number of imidazole rings is 1. The first-order valence-corrected chi connectivity index (χ1v) is 8.96. The molecule has 0 saturated carbocycles. The van der Waals surface area contributed by atoms with Crippen LogP contribution in [0.5, 0.6) is 0 Å². The van der Waals surface area contributed by atoms with Crippen molar-refractivity contribution in [2.45, 2.75) is 0 Å². The lowest BCUT2D eigenvalue weighted by Gasteiger charge is -2.03. The number of halogens is 2. The molecule has 0 saturated heterocycles. The number of aromatic amines is 2. The van der Waals surface area contributed by atoms with E-state index in [0.717, 1.165) is 33.5 Å². The predicted molar refractivity (Wildman–Crippen MR) is 107 cm³/mol. The van der Waals surface area contributed by atoms with Gasteiger partial charge in [-0.1, -0.05) is 11.6 Å². The molecule has 5 rings (SSSR count). The van der Waals surface area contributed by atoms with Crippen molar-refractivity contribution in [2.24, 2.45) is 0 Å². The number of fused-ring (bicyclic) bond motifs is 1. The number of pyridine rings is 2. The van der Waals surface area contributed by atoms with Gasteiger partial charge in [0, 0.05) is 46.9 Å². The van der Waals surface area contributed by atoms with E-state index in [1.807, 2.05) is 18.2 Å². The molecular formula is C21H13ClFN5. The molecule has 0 radical (unpaired) electrons. The second-order valence-electron chi connectivity index (χ2n) is 6.31. The van der Waals surface area contributed by atoms with Gasteiger partial charge < -0.3 is 9.97 Å². The van der Waals surface area contributed by atoms with Gasteiger partial charge in [0.05, 0.1) is 16.4 Å². The van der Waals surface area contributed by atoms with Crippen LogP contribution >= 0.6 is 11.6 Å². The Balaban J connectivity index is 1.72. The third-order valence-corrected chi connectivity index (χ3v) is 4.86. The molecule has 1 aromatic carbocycles. The zero-order chi connectivity index (χ0) is 19.1. The largest absolute Gasteiger partial charge is 0.345 e. The van der Waals surface area contributed by atoms with Crippen molar-refractivity contribution in [3.63, 3.8) is 0 Å². The fourth-order valence-corrected chi connectivity index (χ4v) is 3.35. The number of hydrogen-bond acceptors (Lipinski definition) is 3. The molecule has 5 nitrogen and oxygen atoms in total. The van der Waals surface area contributed by atoms with E-state index in [-0.39, 0.29) is 5.82 Å². The van der Waals surface area contributed by atoms with E-state index in [9.17, 15) is 4.39 Å². The lowest BCUT2D eigenvalue weighted by Crippen LogP contribution is -1.86. The van der Waals surface area contributed by atoms with Crippen LogP contribution in [0.25, 0.3) is 44.9 Å². The minimum absolute atomic E-state index is 0.290. The van der Waals surface area contributed by atoms with Crippen molar-refractivity contribution in [3.8, 4) is 33.9 Å². The summed E-state index contributed by atoms with van der Waals surface area (Å²) in [5.74, 6) is 0.351. The smallest absolute Gasteiger partial charge is 0.138 e. The molecule has 28 heavy (non-hydrogen) atoms. The molecule has 0 aliphatic heterocycles. The molecule has 4 aromatic heterocycles. The summed E-state index contributed by atoms with van der Waals surface area (Å²) in [6.07, 6.45) is 6.91. The van der Waals surface area contributed by atoms with Gasteiger partial charge in [0.1, 0.15) is 17.3 Å². The summed E-state index contributed by atoms with van der Waals surface area (Å²) in [5, 5.41) is 1.43. The van der Waals surface area contributed by atoms with E-state index in [2.05, 4.69) is 19.9 Å². The fourth-order valence-electron chi connectivity index (χ4n) is 3.15. The Bertz CT molecular complexity index is 1280. The van der Waals surface area contributed by atoms with E-state index in [1.54, 1.807) is 36.9 Å². The first-order valence-electron chi connectivity index (χ1n) is 8.58. The summed E-state index contributed by atoms with van der Waals surface area (Å²) in [6, 6.07) is 12.0. The van der Waals surface area contributed by atoms with Gasteiger partial charge in [-0.3, -0.25) is 4.98 Å². The second kappa shape index (κ2) is 6.58. The highest BCUT2D eigenvalue weighted by molar-refractivity contribution is 6.35. The van der Waals surface area contributed by atoms with Crippen molar-refractivity contribution < 1.29 is 4.39 Å². The van der Waals surface area contributed by atoms with Crippen LogP contribution in [0.1, 0.15) is 0 Å². The molecule has 0 spiro atoms. The Morgan fingerprint density at radius 3 is 2.50 bits per heavy atom. The summed E-state index contributed by atoms with van der Waals surface area (Å²) in [4.78, 5) is 19.7. The third kappa shape index (κ3) is 2.84. The lowest BCUT2D eigenvalue weighted by atomic mass is 10.1. The highest BCUT2D eigenvalue weighted by atomic mass is 35.5. The number of nitrogens with zero attached hydrogens (tertiary/aromatic N) is 3. The Kier molecular flexibility index (Phi) is 3.91. The Morgan fingerprint density at radius 1 is 0.929 bits per heavy atom. The molecule has 0 aliphatic rings. The number of rotatable bonds is 3. The summed E-state index contributed by atoms with van der Waals surface area (Å²) in [6.45, 7) is 0. The average Bonchev–Trinajstić information content (AvgIpc) is 3.33. The molecular weight excluding hydrogens is 377 g/mol. The number of aromatic nitrogens is 5. The summed E-state index contributed by atoms with van der Waals surface area (Å²) in [7, 11) is 0. The van der Waals surface area contributed by atoms with Crippen LogP contribution < -0.4 is 0 Å². The SMILES string of the molecule is Fc1ccc(-c2nc(-c3cnc4[nH]cc(Cl)c4c3)c(-c3ccncc3)[nH]2)cc1. The normalized spacial score (nSPS) is 11.2. The van der Waals surface area contributed by atoms with Crippen molar-refractivity contribution >= 4 is 22.6 Å². The molecule has 4 heterocycles. The Morgan fingerprint density at radius 2 is 1.71 bits per heavy atom. The van der Waals surface area contributed by atoms with Gasteiger partial charge in [-0.2, -0.15) is 0 Å². The van der Waals surface area contributed by atoms with Gasteiger partial charge in [0.25, 0.3) is 0 Å². The molecule has 0 fully saturated rings. The quantitative estimate of drug-likeness (QED) is 0.429. The maximum absolute atomic E-state index is 13.3. The molecule has 0 unspecified atom stereocenters. The average molecular weight is 390 g/mol. The third-order valence-electron chi connectivity index (χ3n) is 4.54. The molecule has 0 atom stereocenters. The summed E-state index contributed by atoms with van der Waals surface area (Å²) < 4.78 is 13.3. The number of H-pyrrole nitrogens is 2. The minimum atomic E-state index is -0.290. The summed E-state index contributed by atoms with van der Waals surface area (Å²) in [5.41, 5.74) is 4.83. The molecule has 2 N–H and O–H groups in total.